The van der Waals surface area contributed by atoms with Crippen LogP contribution in [0.4, 0.5) is 5.13 Å². The van der Waals surface area contributed by atoms with E-state index in [9.17, 15) is 0 Å². The highest BCUT2D eigenvalue weighted by atomic mass is 32.1. The maximum atomic E-state index is 5.78. The average Bonchev–Trinajstić information content (AvgIpc) is 3.09. The lowest BCUT2D eigenvalue weighted by molar-refractivity contribution is 0.482. The Morgan fingerprint density at radius 3 is 2.46 bits per heavy atom. The van der Waals surface area contributed by atoms with Crippen LogP contribution in [-0.2, 0) is 0 Å². The molecule has 0 atom stereocenters. The summed E-state index contributed by atoms with van der Waals surface area (Å²) in [6.07, 6.45) is 1.77. The molecule has 0 fully saturated rings. The van der Waals surface area contributed by atoms with Gasteiger partial charge in [0.2, 0.25) is 5.13 Å². The van der Waals surface area contributed by atoms with Crippen LogP contribution in [0.1, 0.15) is 11.1 Å². The molecule has 0 aliphatic rings. The highest BCUT2D eigenvalue weighted by Gasteiger charge is 2.04. The van der Waals surface area contributed by atoms with E-state index in [-0.39, 0.29) is 0 Å². The van der Waals surface area contributed by atoms with Gasteiger partial charge in [-0.25, -0.2) is 4.98 Å². The second-order valence-electron chi connectivity index (χ2n) is 5.80. The zero-order chi connectivity index (χ0) is 17.8. The molecule has 128 valence electrons. The SMILES string of the molecule is Cc1cccc2nc(N/N=C/c3ccc(Oc4ccccc4)cc3)sc12. The molecule has 1 heterocycles. The lowest BCUT2D eigenvalue weighted by Gasteiger charge is -2.05. The number of benzene rings is 3. The fourth-order valence-electron chi connectivity index (χ4n) is 2.54. The van der Waals surface area contributed by atoms with Crippen molar-refractivity contribution in [3.8, 4) is 11.5 Å². The van der Waals surface area contributed by atoms with E-state index in [2.05, 4.69) is 28.5 Å². The van der Waals surface area contributed by atoms with Crippen molar-refractivity contribution < 1.29 is 4.74 Å². The molecule has 0 saturated heterocycles. The summed E-state index contributed by atoms with van der Waals surface area (Å²) in [6.45, 7) is 2.09. The first-order valence-corrected chi connectivity index (χ1v) is 9.08. The molecule has 26 heavy (non-hydrogen) atoms. The van der Waals surface area contributed by atoms with Crippen molar-refractivity contribution in [2.24, 2.45) is 5.10 Å². The maximum Gasteiger partial charge on any atom is 0.204 e. The largest absolute Gasteiger partial charge is 0.457 e. The molecule has 4 aromatic rings. The van der Waals surface area contributed by atoms with E-state index in [1.165, 1.54) is 10.3 Å². The Balaban J connectivity index is 1.41. The number of hydrogen-bond donors (Lipinski definition) is 1. The average molecular weight is 359 g/mol. The van der Waals surface area contributed by atoms with Gasteiger partial charge in [-0.05, 0) is 60.5 Å². The van der Waals surface area contributed by atoms with Crippen LogP contribution in [0.2, 0.25) is 0 Å². The van der Waals surface area contributed by atoms with Crippen molar-refractivity contribution in [2.75, 3.05) is 5.43 Å². The second kappa shape index (κ2) is 7.37. The van der Waals surface area contributed by atoms with E-state index in [0.717, 1.165) is 27.7 Å². The predicted octanol–water partition coefficient (Wildman–Crippen LogP) is 5.84. The molecule has 5 heteroatoms. The van der Waals surface area contributed by atoms with Gasteiger partial charge < -0.3 is 4.74 Å². The third-order valence-electron chi connectivity index (χ3n) is 3.84. The van der Waals surface area contributed by atoms with Gasteiger partial charge in [0, 0.05) is 0 Å². The summed E-state index contributed by atoms with van der Waals surface area (Å²) in [5.74, 6) is 1.62. The Morgan fingerprint density at radius 2 is 1.69 bits per heavy atom. The summed E-state index contributed by atoms with van der Waals surface area (Å²) < 4.78 is 6.97. The van der Waals surface area contributed by atoms with Gasteiger partial charge in [0.1, 0.15) is 11.5 Å². The molecule has 3 aromatic carbocycles. The van der Waals surface area contributed by atoms with Crippen LogP contribution in [0.25, 0.3) is 10.2 Å². The summed E-state index contributed by atoms with van der Waals surface area (Å²) in [5, 5.41) is 5.07. The number of nitrogens with zero attached hydrogens (tertiary/aromatic N) is 2. The van der Waals surface area contributed by atoms with Crippen LogP contribution < -0.4 is 10.2 Å². The van der Waals surface area contributed by atoms with Gasteiger partial charge in [-0.1, -0.05) is 41.7 Å². The first-order valence-electron chi connectivity index (χ1n) is 8.26. The molecule has 0 amide bonds. The topological polar surface area (TPSA) is 46.5 Å². The summed E-state index contributed by atoms with van der Waals surface area (Å²) in [4.78, 5) is 4.54. The summed E-state index contributed by atoms with van der Waals surface area (Å²) in [5.41, 5.74) is 6.21. The minimum atomic E-state index is 0.787. The fourth-order valence-corrected chi connectivity index (χ4v) is 3.43. The lowest BCUT2D eigenvalue weighted by atomic mass is 10.2. The van der Waals surface area contributed by atoms with Gasteiger partial charge >= 0.3 is 0 Å². The van der Waals surface area contributed by atoms with E-state index >= 15 is 0 Å². The third-order valence-corrected chi connectivity index (χ3v) is 4.96. The normalized spacial score (nSPS) is 11.1. The summed E-state index contributed by atoms with van der Waals surface area (Å²) in [7, 11) is 0. The van der Waals surface area contributed by atoms with Crippen molar-refractivity contribution in [1.82, 2.24) is 4.98 Å². The molecule has 0 radical (unpaired) electrons. The molecule has 4 rings (SSSR count). The van der Waals surface area contributed by atoms with E-state index in [1.807, 2.05) is 66.7 Å². The smallest absolute Gasteiger partial charge is 0.204 e. The number of aromatic nitrogens is 1. The monoisotopic (exact) mass is 359 g/mol. The number of para-hydroxylation sites is 1. The Kier molecular flexibility index (Phi) is 4.62. The zero-order valence-corrected chi connectivity index (χ0v) is 15.0. The second-order valence-corrected chi connectivity index (χ2v) is 6.80. The van der Waals surface area contributed by atoms with Gasteiger partial charge in [0.15, 0.2) is 0 Å². The van der Waals surface area contributed by atoms with Crippen LogP contribution in [0.5, 0.6) is 11.5 Å². The molecule has 1 N–H and O–H groups in total. The first-order chi connectivity index (χ1) is 12.8. The minimum Gasteiger partial charge on any atom is -0.457 e. The van der Waals surface area contributed by atoms with Crippen molar-refractivity contribution in [3.63, 3.8) is 0 Å². The van der Waals surface area contributed by atoms with E-state index in [4.69, 9.17) is 4.74 Å². The minimum absolute atomic E-state index is 0.787. The van der Waals surface area contributed by atoms with Crippen LogP contribution in [0, 0.1) is 6.92 Å². The van der Waals surface area contributed by atoms with Crippen LogP contribution in [0.15, 0.2) is 77.9 Å². The number of fused-ring (bicyclic) bond motifs is 1. The Hall–Kier alpha value is -3.18. The van der Waals surface area contributed by atoms with Crippen molar-refractivity contribution >= 4 is 32.9 Å². The van der Waals surface area contributed by atoms with E-state index < -0.39 is 0 Å². The number of nitrogens with one attached hydrogen (secondary N) is 1. The van der Waals surface area contributed by atoms with Gasteiger partial charge in [-0.15, -0.1) is 0 Å². The number of anilines is 1. The lowest BCUT2D eigenvalue weighted by Crippen LogP contribution is -1.90. The zero-order valence-electron chi connectivity index (χ0n) is 14.2. The number of aryl methyl sites for hydroxylation is 1. The first kappa shape index (κ1) is 16.3. The third kappa shape index (κ3) is 3.73. The molecule has 4 nitrogen and oxygen atoms in total. The Bertz CT molecular complexity index is 1040. The van der Waals surface area contributed by atoms with Gasteiger partial charge in [-0.2, -0.15) is 5.10 Å². The van der Waals surface area contributed by atoms with Crippen molar-refractivity contribution in [1.29, 1.82) is 0 Å². The standard InChI is InChI=1S/C21H17N3OS/c1-15-6-5-9-19-20(15)26-21(23-19)24-22-14-16-10-12-18(13-11-16)25-17-7-3-2-4-8-17/h2-14H,1H3,(H,23,24)/b22-14+. The highest BCUT2D eigenvalue weighted by Crippen LogP contribution is 2.28. The van der Waals surface area contributed by atoms with Gasteiger partial charge in [0.05, 0.1) is 16.4 Å². The molecule has 1 aromatic heterocycles. The molecule has 0 spiro atoms. The van der Waals surface area contributed by atoms with E-state index in [1.54, 1.807) is 17.6 Å². The molecular weight excluding hydrogens is 342 g/mol. The number of hydrogen-bond acceptors (Lipinski definition) is 5. The summed E-state index contributed by atoms with van der Waals surface area (Å²) in [6, 6.07) is 23.6. The van der Waals surface area contributed by atoms with Gasteiger partial charge in [-0.3, -0.25) is 5.43 Å². The highest BCUT2D eigenvalue weighted by molar-refractivity contribution is 7.22. The van der Waals surface area contributed by atoms with Crippen LogP contribution in [-0.4, -0.2) is 11.2 Å². The van der Waals surface area contributed by atoms with Gasteiger partial charge in [0.25, 0.3) is 0 Å². The van der Waals surface area contributed by atoms with Crippen molar-refractivity contribution in [2.45, 2.75) is 6.92 Å². The molecular formula is C21H17N3OS. The Morgan fingerprint density at radius 1 is 0.923 bits per heavy atom. The molecule has 0 aliphatic carbocycles. The Labute approximate surface area is 155 Å². The maximum absolute atomic E-state index is 5.78. The van der Waals surface area contributed by atoms with Crippen LogP contribution >= 0.6 is 11.3 Å². The molecule has 0 unspecified atom stereocenters. The number of rotatable bonds is 5. The van der Waals surface area contributed by atoms with Crippen molar-refractivity contribution in [3.05, 3.63) is 83.9 Å². The predicted molar refractivity (Wildman–Crippen MR) is 109 cm³/mol. The van der Waals surface area contributed by atoms with Crippen LogP contribution in [0.3, 0.4) is 0 Å². The van der Waals surface area contributed by atoms with E-state index in [0.29, 0.717) is 0 Å². The fraction of sp³-hybridized carbons (Fsp3) is 0.0476. The molecule has 0 aliphatic heterocycles. The molecule has 0 bridgehead atoms. The molecule has 0 saturated carbocycles. The quantitative estimate of drug-likeness (QED) is 0.359. The number of thiazole rings is 1. The number of hydrazone groups is 1. The number of ether oxygens (including phenoxy) is 1. The summed E-state index contributed by atoms with van der Waals surface area (Å²) >= 11 is 1.61.